The number of amides is 2. The van der Waals surface area contributed by atoms with E-state index < -0.39 is 5.54 Å². The highest BCUT2D eigenvalue weighted by molar-refractivity contribution is 7.14. The van der Waals surface area contributed by atoms with Crippen LogP contribution in [0.5, 0.6) is 0 Å². The largest absolute Gasteiger partial charge is 0.383 e. The zero-order valence-corrected chi connectivity index (χ0v) is 22.5. The second-order valence-corrected chi connectivity index (χ2v) is 11.3. The summed E-state index contributed by atoms with van der Waals surface area (Å²) in [6.45, 7) is 10.9. The molecular weight excluding hydrogens is 480 g/mol. The van der Waals surface area contributed by atoms with Gasteiger partial charge < -0.3 is 9.80 Å². The fourth-order valence-corrected chi connectivity index (χ4v) is 5.98. The average molecular weight is 514 g/mol. The van der Waals surface area contributed by atoms with E-state index in [0.29, 0.717) is 43.6 Å². The second-order valence-electron chi connectivity index (χ2n) is 9.71. The van der Waals surface area contributed by atoms with Gasteiger partial charge in [0, 0.05) is 41.9 Å². The highest BCUT2D eigenvalue weighted by Crippen LogP contribution is 2.27. The summed E-state index contributed by atoms with van der Waals surface area (Å²) in [6, 6.07) is 11.8. The summed E-state index contributed by atoms with van der Waals surface area (Å²) >= 11 is 7.78. The molecule has 8 heteroatoms. The third-order valence-corrected chi connectivity index (χ3v) is 8.25. The number of benzene rings is 1. The molecule has 0 spiro atoms. The lowest BCUT2D eigenvalue weighted by molar-refractivity contribution is -0.399. The van der Waals surface area contributed by atoms with E-state index in [4.69, 9.17) is 16.6 Å². The lowest BCUT2D eigenvalue weighted by Gasteiger charge is -2.46. The van der Waals surface area contributed by atoms with E-state index in [2.05, 4.69) is 19.2 Å². The van der Waals surface area contributed by atoms with Crippen LogP contribution < -0.4 is 0 Å². The van der Waals surface area contributed by atoms with E-state index in [9.17, 15) is 9.59 Å². The normalized spacial score (nSPS) is 20.2. The van der Waals surface area contributed by atoms with E-state index in [0.717, 1.165) is 23.3 Å². The van der Waals surface area contributed by atoms with Crippen LogP contribution in [0.25, 0.3) is 0 Å². The molecule has 186 valence electrons. The Morgan fingerprint density at radius 1 is 1.17 bits per heavy atom. The standard InChI is InChI=1S/C27H34ClN4O2S/c1-5-22-10-11-23(35-22)25(33)31-14-15-32(27(3,4)18-31)26(34)24-29-13-12-20(17-30(24)6-2)19-8-7-9-21(28)16-19/h7-11,16-17,20H,5-6,12-15,18H2,1-4H3/q+1. The Labute approximate surface area is 216 Å². The molecule has 6 nitrogen and oxygen atoms in total. The molecular formula is C27H34ClN4O2S+. The molecule has 0 aliphatic carbocycles. The topological polar surface area (TPSA) is 56.0 Å². The van der Waals surface area contributed by atoms with Crippen molar-refractivity contribution in [1.29, 1.82) is 0 Å². The maximum atomic E-state index is 13.8. The number of aryl methyl sites for hydroxylation is 1. The Morgan fingerprint density at radius 2 is 1.97 bits per heavy atom. The van der Waals surface area contributed by atoms with E-state index in [1.54, 1.807) is 11.3 Å². The van der Waals surface area contributed by atoms with Gasteiger partial charge in [-0.15, -0.1) is 11.3 Å². The third kappa shape index (κ3) is 5.51. The molecule has 0 radical (unpaired) electrons. The maximum Gasteiger partial charge on any atom is 0.383 e. The Balaban J connectivity index is 1.51. The number of piperazine rings is 1. The highest BCUT2D eigenvalue weighted by Gasteiger charge is 2.43. The van der Waals surface area contributed by atoms with Crippen LogP contribution in [0.3, 0.4) is 0 Å². The summed E-state index contributed by atoms with van der Waals surface area (Å²) in [7, 11) is 0. The van der Waals surface area contributed by atoms with Crippen molar-refractivity contribution in [3.8, 4) is 0 Å². The van der Waals surface area contributed by atoms with Gasteiger partial charge in [-0.05, 0) is 57.0 Å². The minimum atomic E-state index is -0.504. The molecule has 1 aromatic carbocycles. The van der Waals surface area contributed by atoms with Gasteiger partial charge in [0.2, 0.25) is 0 Å². The van der Waals surface area contributed by atoms with Crippen molar-refractivity contribution in [1.82, 2.24) is 9.80 Å². The van der Waals surface area contributed by atoms with Crippen LogP contribution in [0.4, 0.5) is 0 Å². The molecule has 2 amide bonds. The molecule has 0 saturated carbocycles. The van der Waals surface area contributed by atoms with Gasteiger partial charge in [-0.1, -0.05) is 35.6 Å². The van der Waals surface area contributed by atoms with Crippen molar-refractivity contribution in [2.75, 3.05) is 32.7 Å². The molecule has 4 rings (SSSR count). The first-order valence-electron chi connectivity index (χ1n) is 12.3. The molecule has 35 heavy (non-hydrogen) atoms. The van der Waals surface area contributed by atoms with Gasteiger partial charge in [0.25, 0.3) is 5.91 Å². The SMILES string of the molecule is CCc1ccc(C(=O)N2CCN(C(=O)C3=NCCC(c4cccc(Cl)c4)C=[N+]3CC)C(C)(C)C2)s1. The fourth-order valence-electron chi connectivity index (χ4n) is 4.86. The van der Waals surface area contributed by atoms with Crippen LogP contribution in [-0.4, -0.2) is 76.5 Å². The average Bonchev–Trinajstić information content (AvgIpc) is 3.21. The van der Waals surface area contributed by atoms with Crippen LogP contribution in [0, 0.1) is 0 Å². The highest BCUT2D eigenvalue weighted by atomic mass is 35.5. The van der Waals surface area contributed by atoms with Gasteiger partial charge in [0.05, 0.1) is 23.2 Å². The number of hydrogen-bond donors (Lipinski definition) is 0. The minimum Gasteiger partial charge on any atom is -0.334 e. The maximum absolute atomic E-state index is 13.8. The van der Waals surface area contributed by atoms with Crippen LogP contribution in [0.1, 0.15) is 60.1 Å². The number of likely N-dealkylation sites (N-methyl/N-ethyl adjacent to an activating group) is 1. The first-order valence-corrected chi connectivity index (χ1v) is 13.5. The Bertz CT molecular complexity index is 1170. The van der Waals surface area contributed by atoms with Gasteiger partial charge in [-0.2, -0.15) is 0 Å². The Hall–Kier alpha value is -2.51. The summed E-state index contributed by atoms with van der Waals surface area (Å²) in [6.07, 6.45) is 3.86. The lowest BCUT2D eigenvalue weighted by Crippen LogP contribution is -2.63. The van der Waals surface area contributed by atoms with E-state index >= 15 is 0 Å². The number of thiophene rings is 1. The molecule has 1 fully saturated rings. The molecule has 2 aliphatic heterocycles. The zero-order valence-electron chi connectivity index (χ0n) is 21.0. The number of amidine groups is 1. The first-order chi connectivity index (χ1) is 16.7. The molecule has 1 atom stereocenters. The Kier molecular flexibility index (Phi) is 7.77. The predicted octanol–water partition coefficient (Wildman–Crippen LogP) is 4.72. The smallest absolute Gasteiger partial charge is 0.334 e. The molecule has 1 unspecified atom stereocenters. The van der Waals surface area contributed by atoms with Crippen molar-refractivity contribution < 1.29 is 14.2 Å². The van der Waals surface area contributed by atoms with Gasteiger partial charge in [-0.25, -0.2) is 4.58 Å². The summed E-state index contributed by atoms with van der Waals surface area (Å²) in [5.74, 6) is 0.602. The number of aliphatic imine (C=N–C) groups is 1. The quantitative estimate of drug-likeness (QED) is 0.543. The zero-order chi connectivity index (χ0) is 25.2. The fraction of sp³-hybridized carbons (Fsp3) is 0.481. The lowest BCUT2D eigenvalue weighted by atomic mass is 9.97. The number of halogens is 1. The minimum absolute atomic E-state index is 0.0505. The molecule has 0 bridgehead atoms. The molecule has 2 aromatic rings. The van der Waals surface area contributed by atoms with Gasteiger partial charge in [0.1, 0.15) is 6.54 Å². The molecule has 0 N–H and O–H groups in total. The van der Waals surface area contributed by atoms with E-state index in [1.165, 1.54) is 4.88 Å². The third-order valence-electron chi connectivity index (χ3n) is 6.80. The number of rotatable bonds is 5. The molecule has 2 aliphatic rings. The van der Waals surface area contributed by atoms with Crippen LogP contribution >= 0.6 is 22.9 Å². The molecule has 1 aromatic heterocycles. The van der Waals surface area contributed by atoms with E-state index in [1.807, 2.05) is 65.5 Å². The van der Waals surface area contributed by atoms with Crippen LogP contribution in [0.15, 0.2) is 41.4 Å². The summed E-state index contributed by atoms with van der Waals surface area (Å²) < 4.78 is 1.98. The van der Waals surface area contributed by atoms with Crippen molar-refractivity contribution in [3.05, 3.63) is 56.7 Å². The first kappa shape index (κ1) is 25.6. The van der Waals surface area contributed by atoms with Crippen molar-refractivity contribution in [3.63, 3.8) is 0 Å². The van der Waals surface area contributed by atoms with Crippen molar-refractivity contribution >= 4 is 46.8 Å². The predicted molar refractivity (Wildman–Crippen MR) is 143 cm³/mol. The summed E-state index contributed by atoms with van der Waals surface area (Å²) in [4.78, 5) is 37.4. The Morgan fingerprint density at radius 3 is 2.63 bits per heavy atom. The summed E-state index contributed by atoms with van der Waals surface area (Å²) in [5, 5.41) is 0.711. The number of carbonyl (C=O) groups is 2. The van der Waals surface area contributed by atoms with Gasteiger partial charge in [0.15, 0.2) is 0 Å². The second kappa shape index (κ2) is 10.6. The monoisotopic (exact) mass is 513 g/mol. The van der Waals surface area contributed by atoms with Gasteiger partial charge in [-0.3, -0.25) is 9.59 Å². The van der Waals surface area contributed by atoms with Crippen LogP contribution in [-0.2, 0) is 11.2 Å². The number of hydrogen-bond acceptors (Lipinski definition) is 4. The molecule has 3 heterocycles. The van der Waals surface area contributed by atoms with Crippen molar-refractivity contribution in [2.45, 2.75) is 52.0 Å². The molecule has 1 saturated heterocycles. The number of nitrogens with zero attached hydrogens (tertiary/aromatic N) is 4. The van der Waals surface area contributed by atoms with E-state index in [-0.39, 0.29) is 17.7 Å². The van der Waals surface area contributed by atoms with Crippen LogP contribution in [0.2, 0.25) is 5.02 Å². The van der Waals surface area contributed by atoms with Crippen molar-refractivity contribution in [2.24, 2.45) is 4.99 Å². The number of carbonyl (C=O) groups excluding carboxylic acids is 2. The van der Waals surface area contributed by atoms with Gasteiger partial charge >= 0.3 is 11.7 Å². The summed E-state index contributed by atoms with van der Waals surface area (Å²) in [5.41, 5.74) is 0.628.